The van der Waals surface area contributed by atoms with Crippen LogP contribution in [0.3, 0.4) is 0 Å². The highest BCUT2D eigenvalue weighted by Gasteiger charge is 2.35. The average molecular weight is 459 g/mol. The summed E-state index contributed by atoms with van der Waals surface area (Å²) in [4.78, 5) is 2.36. The number of phenols is 1. The first-order valence-corrected chi connectivity index (χ1v) is 11.3. The lowest BCUT2D eigenvalue weighted by Gasteiger charge is -2.41. The van der Waals surface area contributed by atoms with Gasteiger partial charge in [-0.2, -0.15) is 15.3 Å². The average Bonchev–Trinajstić information content (AvgIpc) is 3.47. The highest BCUT2D eigenvalue weighted by molar-refractivity contribution is 5.94. The Morgan fingerprint density at radius 1 is 1.15 bits per heavy atom. The molecule has 34 heavy (non-hydrogen) atoms. The maximum absolute atomic E-state index is 10.8. The molecule has 1 atom stereocenters. The Bertz CT molecular complexity index is 1340. The van der Waals surface area contributed by atoms with Gasteiger partial charge in [0.05, 0.1) is 43.6 Å². The number of hydrogen-bond acceptors (Lipinski definition) is 8. The van der Waals surface area contributed by atoms with E-state index in [4.69, 9.17) is 9.47 Å². The van der Waals surface area contributed by atoms with Gasteiger partial charge in [0.25, 0.3) is 0 Å². The Balaban J connectivity index is 1.32. The Morgan fingerprint density at radius 3 is 2.76 bits per heavy atom. The Hall–Kier alpha value is -3.53. The molecule has 2 N–H and O–H groups in total. The zero-order chi connectivity index (χ0) is 23.2. The van der Waals surface area contributed by atoms with Crippen molar-refractivity contribution in [3.8, 4) is 33.9 Å². The first-order chi connectivity index (χ1) is 16.6. The molecule has 2 saturated heterocycles. The van der Waals surface area contributed by atoms with Gasteiger partial charge >= 0.3 is 0 Å². The standard InChI is InChI=1S/C25H26N6O3/c1-30-10-16-8-15(9-22(33-2)25(16)29-30)18-4-3-5-21(32)24(18)20-7-6-19(27-28-20)17-11-31(12-17)23-13-34-14-26-23/h3-10,17,23,26,32H,11-14H2,1-2H3. The van der Waals surface area contributed by atoms with E-state index in [0.29, 0.717) is 35.8 Å². The third kappa shape index (κ3) is 3.58. The van der Waals surface area contributed by atoms with Crippen molar-refractivity contribution in [2.75, 3.05) is 33.5 Å². The molecule has 2 aromatic heterocycles. The molecule has 1 unspecified atom stereocenters. The number of phenolic OH excluding ortho intramolecular Hbond substituents is 1. The topological polar surface area (TPSA) is 97.6 Å². The van der Waals surface area contributed by atoms with E-state index < -0.39 is 0 Å². The lowest BCUT2D eigenvalue weighted by atomic mass is 9.93. The zero-order valence-corrected chi connectivity index (χ0v) is 19.1. The van der Waals surface area contributed by atoms with Crippen molar-refractivity contribution >= 4 is 10.9 Å². The molecule has 2 aliphatic rings. The molecule has 2 aromatic carbocycles. The Kier molecular flexibility index (Phi) is 5.17. The summed E-state index contributed by atoms with van der Waals surface area (Å²) < 4.78 is 12.8. The molecule has 2 aliphatic heterocycles. The first kappa shape index (κ1) is 21.0. The second-order valence-electron chi connectivity index (χ2n) is 8.85. The van der Waals surface area contributed by atoms with Gasteiger partial charge < -0.3 is 14.6 Å². The molecule has 9 heteroatoms. The SMILES string of the molecule is COc1cc(-c2cccc(O)c2-c2ccc(C3CN(C4COCN4)C3)nn2)cc2cn(C)nc12. The quantitative estimate of drug-likeness (QED) is 0.471. The summed E-state index contributed by atoms with van der Waals surface area (Å²) in [6.45, 7) is 3.20. The highest BCUT2D eigenvalue weighted by atomic mass is 16.5. The van der Waals surface area contributed by atoms with Gasteiger partial charge in [0.1, 0.15) is 17.0 Å². The van der Waals surface area contributed by atoms with Gasteiger partial charge in [-0.25, -0.2) is 0 Å². The molecular formula is C25H26N6O3. The van der Waals surface area contributed by atoms with Gasteiger partial charge in [-0.05, 0) is 41.5 Å². The third-order valence-electron chi connectivity index (χ3n) is 6.67. The number of rotatable bonds is 5. The van der Waals surface area contributed by atoms with Crippen LogP contribution in [0.2, 0.25) is 0 Å². The molecule has 174 valence electrons. The summed E-state index contributed by atoms with van der Waals surface area (Å²) in [6.07, 6.45) is 2.24. The molecule has 0 amide bonds. The maximum atomic E-state index is 10.8. The van der Waals surface area contributed by atoms with Crippen LogP contribution in [-0.4, -0.2) is 69.7 Å². The number of nitrogens with one attached hydrogen (secondary N) is 1. The van der Waals surface area contributed by atoms with Gasteiger partial charge in [-0.1, -0.05) is 12.1 Å². The fourth-order valence-electron chi connectivity index (χ4n) is 4.85. The van der Waals surface area contributed by atoms with E-state index in [1.807, 2.05) is 43.6 Å². The molecule has 6 rings (SSSR count). The number of nitrogens with zero attached hydrogens (tertiary/aromatic N) is 5. The van der Waals surface area contributed by atoms with Crippen molar-refractivity contribution in [1.82, 2.24) is 30.2 Å². The van der Waals surface area contributed by atoms with E-state index in [2.05, 4.69) is 31.6 Å². The van der Waals surface area contributed by atoms with Gasteiger partial charge in [-0.15, -0.1) is 0 Å². The second-order valence-corrected chi connectivity index (χ2v) is 8.85. The summed E-state index contributed by atoms with van der Waals surface area (Å²) in [7, 11) is 3.52. The molecule has 0 saturated carbocycles. The van der Waals surface area contributed by atoms with Gasteiger partial charge in [0, 0.05) is 37.6 Å². The van der Waals surface area contributed by atoms with Crippen LogP contribution in [0.15, 0.2) is 48.7 Å². The van der Waals surface area contributed by atoms with Crippen molar-refractivity contribution < 1.29 is 14.6 Å². The van der Waals surface area contributed by atoms with Crippen LogP contribution in [0.4, 0.5) is 0 Å². The van der Waals surface area contributed by atoms with Crippen LogP contribution in [0.1, 0.15) is 11.6 Å². The van der Waals surface area contributed by atoms with E-state index in [-0.39, 0.29) is 5.75 Å². The summed E-state index contributed by atoms with van der Waals surface area (Å²) in [5.41, 5.74) is 4.81. The number of aromatic nitrogens is 4. The van der Waals surface area contributed by atoms with Gasteiger partial charge in [0.2, 0.25) is 0 Å². The number of likely N-dealkylation sites (tertiary alicyclic amines) is 1. The largest absolute Gasteiger partial charge is 0.507 e. The van der Waals surface area contributed by atoms with Crippen LogP contribution in [0.5, 0.6) is 11.5 Å². The number of benzene rings is 2. The molecule has 0 radical (unpaired) electrons. The van der Waals surface area contributed by atoms with Gasteiger partial charge in [0.15, 0.2) is 0 Å². The first-order valence-electron chi connectivity index (χ1n) is 11.3. The smallest absolute Gasteiger partial charge is 0.147 e. The van der Waals surface area contributed by atoms with Gasteiger partial charge in [-0.3, -0.25) is 14.9 Å². The lowest BCUT2D eigenvalue weighted by molar-refractivity contribution is 0.0704. The molecule has 4 aromatic rings. The number of methoxy groups -OCH3 is 1. The summed E-state index contributed by atoms with van der Waals surface area (Å²) >= 11 is 0. The number of hydrogen-bond donors (Lipinski definition) is 2. The van der Waals surface area contributed by atoms with Crippen LogP contribution in [0.25, 0.3) is 33.3 Å². The van der Waals surface area contributed by atoms with E-state index in [0.717, 1.165) is 47.4 Å². The molecule has 0 spiro atoms. The molecule has 0 aliphatic carbocycles. The fraction of sp³-hybridized carbons (Fsp3) is 0.320. The lowest BCUT2D eigenvalue weighted by Crippen LogP contribution is -2.55. The van der Waals surface area contributed by atoms with E-state index in [1.54, 1.807) is 17.9 Å². The summed E-state index contributed by atoms with van der Waals surface area (Å²) in [5, 5.41) is 28.6. The van der Waals surface area contributed by atoms with E-state index in [1.165, 1.54) is 0 Å². The molecule has 0 bridgehead atoms. The predicted molar refractivity (Wildman–Crippen MR) is 127 cm³/mol. The third-order valence-corrected chi connectivity index (χ3v) is 6.67. The Morgan fingerprint density at radius 2 is 2.03 bits per heavy atom. The van der Waals surface area contributed by atoms with Crippen molar-refractivity contribution in [2.24, 2.45) is 7.05 Å². The van der Waals surface area contributed by atoms with Crippen molar-refractivity contribution in [3.05, 3.63) is 54.4 Å². The van der Waals surface area contributed by atoms with Crippen molar-refractivity contribution in [1.29, 1.82) is 0 Å². The highest BCUT2D eigenvalue weighted by Crippen LogP contribution is 2.40. The summed E-state index contributed by atoms with van der Waals surface area (Å²) in [5.74, 6) is 1.19. The number of aromatic hydroxyl groups is 1. The minimum absolute atomic E-state index is 0.159. The Labute approximate surface area is 196 Å². The molecule has 9 nitrogen and oxygen atoms in total. The molecule has 2 fully saturated rings. The normalized spacial score (nSPS) is 18.9. The van der Waals surface area contributed by atoms with Crippen LogP contribution >= 0.6 is 0 Å². The fourth-order valence-corrected chi connectivity index (χ4v) is 4.85. The monoisotopic (exact) mass is 458 g/mol. The predicted octanol–water partition coefficient (Wildman–Crippen LogP) is 2.71. The minimum atomic E-state index is 0.159. The van der Waals surface area contributed by atoms with E-state index >= 15 is 0 Å². The summed E-state index contributed by atoms with van der Waals surface area (Å²) in [6, 6.07) is 13.4. The number of fused-ring (bicyclic) bond motifs is 1. The number of ether oxygens (including phenoxy) is 2. The van der Waals surface area contributed by atoms with Crippen LogP contribution < -0.4 is 10.1 Å². The molecule has 4 heterocycles. The maximum Gasteiger partial charge on any atom is 0.147 e. The molecular weight excluding hydrogens is 432 g/mol. The number of aryl methyl sites for hydroxylation is 1. The van der Waals surface area contributed by atoms with Crippen molar-refractivity contribution in [2.45, 2.75) is 12.1 Å². The van der Waals surface area contributed by atoms with Crippen LogP contribution in [0, 0.1) is 0 Å². The van der Waals surface area contributed by atoms with Crippen molar-refractivity contribution in [3.63, 3.8) is 0 Å². The van der Waals surface area contributed by atoms with Crippen LogP contribution in [-0.2, 0) is 11.8 Å². The zero-order valence-electron chi connectivity index (χ0n) is 19.1. The minimum Gasteiger partial charge on any atom is -0.507 e. The van der Waals surface area contributed by atoms with E-state index in [9.17, 15) is 5.11 Å². The second kappa shape index (κ2) is 8.35.